The third-order valence-corrected chi connectivity index (χ3v) is 5.39. The van der Waals surface area contributed by atoms with Gasteiger partial charge in [-0.15, -0.1) is 0 Å². The van der Waals surface area contributed by atoms with Crippen LogP contribution in [0, 0.1) is 31.1 Å². The molecule has 0 saturated carbocycles. The summed E-state index contributed by atoms with van der Waals surface area (Å²) in [5.74, 6) is -1.37. The zero-order valence-electron chi connectivity index (χ0n) is 18.1. The van der Waals surface area contributed by atoms with E-state index in [1.165, 1.54) is 6.08 Å². The number of hydrogen-bond donors (Lipinski definition) is 0. The molecule has 0 spiro atoms. The number of amides is 2. The molecule has 2 heterocycles. The number of ether oxygens (including phenoxy) is 1. The van der Waals surface area contributed by atoms with Gasteiger partial charge in [0.15, 0.2) is 6.73 Å². The monoisotopic (exact) mass is 419 g/mol. The van der Waals surface area contributed by atoms with Crippen LogP contribution >= 0.6 is 0 Å². The van der Waals surface area contributed by atoms with Crippen molar-refractivity contribution in [3.05, 3.63) is 64.0 Å². The van der Waals surface area contributed by atoms with Gasteiger partial charge in [0.25, 0.3) is 11.8 Å². The van der Waals surface area contributed by atoms with Crippen molar-refractivity contribution in [1.29, 1.82) is 5.26 Å². The summed E-state index contributed by atoms with van der Waals surface area (Å²) in [6.45, 7) is 8.56. The molecule has 1 aromatic heterocycles. The lowest BCUT2D eigenvalue weighted by Crippen LogP contribution is -2.33. The molecule has 7 heteroatoms. The van der Waals surface area contributed by atoms with Crippen LogP contribution in [0.4, 0.5) is 0 Å². The molecule has 0 bridgehead atoms. The van der Waals surface area contributed by atoms with Crippen molar-refractivity contribution >= 4 is 23.9 Å². The smallest absolute Gasteiger partial charge is 0.350 e. The van der Waals surface area contributed by atoms with E-state index in [-0.39, 0.29) is 16.7 Å². The molecule has 0 aliphatic carbocycles. The molecule has 3 rings (SSSR count). The topological polar surface area (TPSA) is 92.4 Å². The molecule has 2 amide bonds. The predicted molar refractivity (Wildman–Crippen MR) is 115 cm³/mol. The molecule has 0 radical (unpaired) electrons. The van der Waals surface area contributed by atoms with Crippen molar-refractivity contribution in [2.24, 2.45) is 5.92 Å². The maximum Gasteiger partial charge on any atom is 0.350 e. The van der Waals surface area contributed by atoms with Gasteiger partial charge >= 0.3 is 5.97 Å². The quantitative estimate of drug-likeness (QED) is 0.294. The highest BCUT2D eigenvalue weighted by Gasteiger charge is 2.36. The number of imide groups is 1. The zero-order chi connectivity index (χ0) is 22.7. The molecule has 7 nitrogen and oxygen atoms in total. The van der Waals surface area contributed by atoms with Crippen molar-refractivity contribution in [2.45, 2.75) is 40.7 Å². The van der Waals surface area contributed by atoms with Crippen molar-refractivity contribution < 1.29 is 19.1 Å². The normalized spacial score (nSPS) is 13.5. The summed E-state index contributed by atoms with van der Waals surface area (Å²) < 4.78 is 7.28. The van der Waals surface area contributed by atoms with E-state index in [1.54, 1.807) is 24.3 Å². The number of carbonyl (C=O) groups excluding carboxylic acids is 3. The van der Waals surface area contributed by atoms with E-state index >= 15 is 0 Å². The fourth-order valence-corrected chi connectivity index (χ4v) is 3.55. The molecule has 1 aliphatic rings. The molecule has 31 heavy (non-hydrogen) atoms. The minimum atomic E-state index is -0.883. The van der Waals surface area contributed by atoms with Crippen LogP contribution in [-0.4, -0.2) is 34.0 Å². The Bertz CT molecular complexity index is 1080. The first-order valence-corrected chi connectivity index (χ1v) is 10.2. The number of rotatable bonds is 7. The zero-order valence-corrected chi connectivity index (χ0v) is 18.1. The maximum atomic E-state index is 12.5. The molecular formula is C24H25N3O4. The number of nitrogens with zero attached hydrogens (tertiary/aromatic N) is 3. The van der Waals surface area contributed by atoms with Crippen LogP contribution < -0.4 is 0 Å². The number of benzene rings is 1. The highest BCUT2D eigenvalue weighted by atomic mass is 16.5. The maximum absolute atomic E-state index is 12.5. The average molecular weight is 419 g/mol. The van der Waals surface area contributed by atoms with E-state index in [0.29, 0.717) is 5.92 Å². The van der Waals surface area contributed by atoms with Crippen LogP contribution in [0.5, 0.6) is 0 Å². The van der Waals surface area contributed by atoms with Crippen molar-refractivity contribution in [2.75, 3.05) is 6.73 Å². The summed E-state index contributed by atoms with van der Waals surface area (Å²) in [7, 11) is 0. The van der Waals surface area contributed by atoms with Crippen LogP contribution in [-0.2, 0) is 16.1 Å². The fraction of sp³-hybridized carbons (Fsp3) is 0.333. The third kappa shape index (κ3) is 4.43. The van der Waals surface area contributed by atoms with Gasteiger partial charge in [-0.25, -0.2) is 9.69 Å². The largest absolute Gasteiger partial charge is 0.440 e. The highest BCUT2D eigenvalue weighted by Crippen LogP contribution is 2.23. The Kier molecular flexibility index (Phi) is 6.40. The SMILES string of the molecule is Cc1cc(/C=C(\C#N)C(=O)OCN2C(=O)c3ccccc3C2=O)c(C)n1CCC(C)C. The van der Waals surface area contributed by atoms with Crippen LogP contribution in [0.2, 0.25) is 0 Å². The molecule has 1 aliphatic heterocycles. The van der Waals surface area contributed by atoms with Gasteiger partial charge in [0.1, 0.15) is 11.6 Å². The van der Waals surface area contributed by atoms with Gasteiger partial charge in [-0.2, -0.15) is 5.26 Å². The van der Waals surface area contributed by atoms with Gasteiger partial charge in [-0.05, 0) is 56.0 Å². The van der Waals surface area contributed by atoms with E-state index in [9.17, 15) is 19.6 Å². The molecule has 0 saturated heterocycles. The molecule has 0 N–H and O–H groups in total. The molecule has 0 unspecified atom stereocenters. The third-order valence-electron chi connectivity index (χ3n) is 5.39. The summed E-state index contributed by atoms with van der Waals surface area (Å²) in [4.78, 5) is 38.1. The second-order valence-corrected chi connectivity index (χ2v) is 7.98. The Morgan fingerprint density at radius 1 is 1.16 bits per heavy atom. The van der Waals surface area contributed by atoms with E-state index in [1.807, 2.05) is 26.0 Å². The standard InChI is InChI=1S/C24H25N3O4/c1-15(2)9-10-26-16(3)11-18(17(26)4)12-19(13-25)24(30)31-14-27-22(28)20-7-5-6-8-21(20)23(27)29/h5-8,11-12,15H,9-10,14H2,1-4H3/b19-12+. The van der Waals surface area contributed by atoms with Crippen LogP contribution in [0.3, 0.4) is 0 Å². The second kappa shape index (κ2) is 9.00. The lowest BCUT2D eigenvalue weighted by molar-refractivity contribution is -0.141. The first kappa shape index (κ1) is 22.0. The number of nitriles is 1. The number of carbonyl (C=O) groups is 3. The molecule has 160 valence electrons. The molecule has 2 aromatic rings. The van der Waals surface area contributed by atoms with Crippen LogP contribution in [0.15, 0.2) is 35.9 Å². The van der Waals surface area contributed by atoms with E-state index in [0.717, 1.165) is 34.8 Å². The minimum absolute atomic E-state index is 0.194. The van der Waals surface area contributed by atoms with Gasteiger partial charge in [0.05, 0.1) is 11.1 Å². The number of esters is 1. The molecular weight excluding hydrogens is 394 g/mol. The van der Waals surface area contributed by atoms with Gasteiger partial charge in [-0.3, -0.25) is 9.59 Å². The Balaban J connectivity index is 1.72. The Hall–Kier alpha value is -3.66. The first-order valence-electron chi connectivity index (χ1n) is 10.2. The lowest BCUT2D eigenvalue weighted by Gasteiger charge is -2.13. The summed E-state index contributed by atoms with van der Waals surface area (Å²) in [6, 6.07) is 10.2. The number of aromatic nitrogens is 1. The molecule has 0 fully saturated rings. The average Bonchev–Trinajstić information content (AvgIpc) is 3.15. The van der Waals surface area contributed by atoms with Crippen molar-refractivity contribution in [1.82, 2.24) is 9.47 Å². The minimum Gasteiger partial charge on any atom is -0.440 e. The number of aryl methyl sites for hydroxylation is 1. The van der Waals surface area contributed by atoms with E-state index < -0.39 is 24.5 Å². The highest BCUT2D eigenvalue weighted by molar-refractivity contribution is 6.21. The Labute approximate surface area is 181 Å². The molecule has 0 atom stereocenters. The summed E-state index contributed by atoms with van der Waals surface area (Å²) >= 11 is 0. The molecule has 1 aromatic carbocycles. The second-order valence-electron chi connectivity index (χ2n) is 7.98. The lowest BCUT2D eigenvalue weighted by atomic mass is 10.1. The number of fused-ring (bicyclic) bond motifs is 1. The summed E-state index contributed by atoms with van der Waals surface area (Å²) in [5, 5.41) is 9.47. The Morgan fingerprint density at radius 3 is 2.32 bits per heavy atom. The van der Waals surface area contributed by atoms with Crippen molar-refractivity contribution in [3.63, 3.8) is 0 Å². The van der Waals surface area contributed by atoms with Gasteiger partial charge in [0, 0.05) is 17.9 Å². The van der Waals surface area contributed by atoms with E-state index in [2.05, 4.69) is 18.4 Å². The van der Waals surface area contributed by atoms with Gasteiger partial charge in [0.2, 0.25) is 0 Å². The number of hydrogen-bond acceptors (Lipinski definition) is 5. The first-order chi connectivity index (χ1) is 14.7. The van der Waals surface area contributed by atoms with Gasteiger partial charge < -0.3 is 9.30 Å². The van der Waals surface area contributed by atoms with Crippen molar-refractivity contribution in [3.8, 4) is 6.07 Å². The summed E-state index contributed by atoms with van der Waals surface area (Å²) in [5.41, 5.74) is 3.11. The van der Waals surface area contributed by atoms with Crippen LogP contribution in [0.25, 0.3) is 6.08 Å². The van der Waals surface area contributed by atoms with Crippen LogP contribution in [0.1, 0.15) is 57.9 Å². The fourth-order valence-electron chi connectivity index (χ4n) is 3.55. The Morgan fingerprint density at radius 2 is 1.77 bits per heavy atom. The summed E-state index contributed by atoms with van der Waals surface area (Å²) in [6.07, 6.45) is 2.51. The van der Waals surface area contributed by atoms with E-state index in [4.69, 9.17) is 4.74 Å². The predicted octanol–water partition coefficient (Wildman–Crippen LogP) is 3.85. The van der Waals surface area contributed by atoms with Gasteiger partial charge in [-0.1, -0.05) is 26.0 Å².